The minimum absolute atomic E-state index is 0.0685. The summed E-state index contributed by atoms with van der Waals surface area (Å²) in [7, 11) is 1.71. The lowest BCUT2D eigenvalue weighted by molar-refractivity contribution is -0.137. The van der Waals surface area contributed by atoms with Gasteiger partial charge in [0.2, 0.25) is 0 Å². The Morgan fingerprint density at radius 2 is 2.05 bits per heavy atom. The summed E-state index contributed by atoms with van der Waals surface area (Å²) in [5, 5.41) is 2.97. The topological polar surface area (TPSA) is 29.9 Å². The first-order valence-electron chi connectivity index (χ1n) is 6.41. The Labute approximate surface area is 119 Å². The molecule has 1 heterocycles. The minimum Gasteiger partial charge on any atom is -0.336 e. The van der Waals surface area contributed by atoms with Crippen LogP contribution in [0.25, 0.3) is 0 Å². The number of halogens is 4. The molecule has 0 aliphatic heterocycles. The third-order valence-electron chi connectivity index (χ3n) is 3.16. The van der Waals surface area contributed by atoms with Gasteiger partial charge in [-0.1, -0.05) is 6.92 Å². The Balaban J connectivity index is 2.52. The second kappa shape index (κ2) is 5.85. The fourth-order valence-electron chi connectivity index (χ4n) is 2.14. The van der Waals surface area contributed by atoms with E-state index in [0.717, 1.165) is 18.2 Å². The first-order chi connectivity index (χ1) is 9.84. The van der Waals surface area contributed by atoms with Gasteiger partial charge in [-0.15, -0.1) is 0 Å². The molecule has 7 heteroatoms. The molecule has 114 valence electrons. The van der Waals surface area contributed by atoms with Crippen LogP contribution in [0.1, 0.15) is 29.9 Å². The van der Waals surface area contributed by atoms with Crippen molar-refractivity contribution in [1.82, 2.24) is 14.9 Å². The first-order valence-corrected chi connectivity index (χ1v) is 6.41. The number of aromatic nitrogens is 2. The van der Waals surface area contributed by atoms with Crippen molar-refractivity contribution in [3.63, 3.8) is 0 Å². The fourth-order valence-corrected chi connectivity index (χ4v) is 2.14. The molecule has 0 bridgehead atoms. The highest BCUT2D eigenvalue weighted by molar-refractivity contribution is 5.33. The van der Waals surface area contributed by atoms with Gasteiger partial charge in [0.15, 0.2) is 0 Å². The molecule has 3 nitrogen and oxygen atoms in total. The van der Waals surface area contributed by atoms with Crippen molar-refractivity contribution in [1.29, 1.82) is 0 Å². The average molecular weight is 301 g/mol. The SMILES string of the molecule is CCNC(c1cc(C(F)(F)F)ccc1F)c1nccn1C. The van der Waals surface area contributed by atoms with Crippen LogP contribution >= 0.6 is 0 Å². The van der Waals surface area contributed by atoms with Crippen molar-refractivity contribution >= 4 is 0 Å². The van der Waals surface area contributed by atoms with Gasteiger partial charge in [0.25, 0.3) is 0 Å². The van der Waals surface area contributed by atoms with E-state index in [4.69, 9.17) is 0 Å². The summed E-state index contributed by atoms with van der Waals surface area (Å²) in [4.78, 5) is 4.10. The van der Waals surface area contributed by atoms with Gasteiger partial charge in [-0.05, 0) is 24.7 Å². The van der Waals surface area contributed by atoms with E-state index >= 15 is 0 Å². The quantitative estimate of drug-likeness (QED) is 0.878. The van der Waals surface area contributed by atoms with Crippen LogP contribution in [0.3, 0.4) is 0 Å². The second-order valence-electron chi connectivity index (χ2n) is 4.62. The predicted molar refractivity (Wildman–Crippen MR) is 70.1 cm³/mol. The van der Waals surface area contributed by atoms with E-state index in [9.17, 15) is 17.6 Å². The van der Waals surface area contributed by atoms with Gasteiger partial charge in [-0.3, -0.25) is 0 Å². The first kappa shape index (κ1) is 15.5. The van der Waals surface area contributed by atoms with Gasteiger partial charge < -0.3 is 9.88 Å². The number of alkyl halides is 3. The van der Waals surface area contributed by atoms with Crippen LogP contribution in [-0.4, -0.2) is 16.1 Å². The maximum atomic E-state index is 14.0. The number of rotatable bonds is 4. The molecule has 1 N–H and O–H groups in total. The van der Waals surface area contributed by atoms with Gasteiger partial charge in [-0.25, -0.2) is 9.37 Å². The van der Waals surface area contributed by atoms with Gasteiger partial charge in [-0.2, -0.15) is 13.2 Å². The third-order valence-corrected chi connectivity index (χ3v) is 3.16. The fraction of sp³-hybridized carbons (Fsp3) is 0.357. The van der Waals surface area contributed by atoms with Crippen molar-refractivity contribution in [2.45, 2.75) is 19.1 Å². The normalized spacial score (nSPS) is 13.4. The molecule has 21 heavy (non-hydrogen) atoms. The smallest absolute Gasteiger partial charge is 0.336 e. The number of nitrogens with one attached hydrogen (secondary N) is 1. The summed E-state index contributed by atoms with van der Waals surface area (Å²) < 4.78 is 54.1. The summed E-state index contributed by atoms with van der Waals surface area (Å²) in [5.74, 6) is -0.243. The van der Waals surface area contributed by atoms with E-state index < -0.39 is 23.6 Å². The van der Waals surface area contributed by atoms with Crippen LogP contribution in [0.15, 0.2) is 30.6 Å². The standard InChI is InChI=1S/C14H15F4N3/c1-3-19-12(13-20-6-7-21(13)2)10-8-9(14(16,17)18)4-5-11(10)15/h4-8,12,19H,3H2,1-2H3. The minimum atomic E-state index is -4.51. The predicted octanol–water partition coefficient (Wildman–Crippen LogP) is 3.28. The lowest BCUT2D eigenvalue weighted by Crippen LogP contribution is -2.26. The Morgan fingerprint density at radius 3 is 2.57 bits per heavy atom. The average Bonchev–Trinajstić information content (AvgIpc) is 2.82. The van der Waals surface area contributed by atoms with Crippen LogP contribution in [0.4, 0.5) is 17.6 Å². The molecule has 1 aromatic heterocycles. The van der Waals surface area contributed by atoms with Crippen LogP contribution in [0, 0.1) is 5.82 Å². The van der Waals surface area contributed by atoms with E-state index in [1.807, 2.05) is 0 Å². The lowest BCUT2D eigenvalue weighted by Gasteiger charge is -2.20. The van der Waals surface area contributed by atoms with Gasteiger partial charge in [0.05, 0.1) is 11.6 Å². The number of aryl methyl sites for hydroxylation is 1. The van der Waals surface area contributed by atoms with Gasteiger partial charge in [0, 0.05) is 25.0 Å². The maximum Gasteiger partial charge on any atom is 0.416 e. The molecule has 0 saturated carbocycles. The molecule has 1 aromatic carbocycles. The highest BCUT2D eigenvalue weighted by Gasteiger charge is 2.32. The second-order valence-corrected chi connectivity index (χ2v) is 4.62. The molecule has 1 atom stereocenters. The van der Waals surface area contributed by atoms with Crippen molar-refractivity contribution < 1.29 is 17.6 Å². The molecular formula is C14H15F4N3. The molecule has 0 spiro atoms. The molecule has 2 rings (SSSR count). The van der Waals surface area contributed by atoms with E-state index in [1.54, 1.807) is 24.7 Å². The van der Waals surface area contributed by atoms with E-state index in [1.165, 1.54) is 6.20 Å². The van der Waals surface area contributed by atoms with E-state index in [-0.39, 0.29) is 5.56 Å². The van der Waals surface area contributed by atoms with Crippen molar-refractivity contribution in [2.75, 3.05) is 6.54 Å². The van der Waals surface area contributed by atoms with E-state index in [2.05, 4.69) is 10.3 Å². The van der Waals surface area contributed by atoms with Crippen molar-refractivity contribution in [3.05, 3.63) is 53.4 Å². The molecular weight excluding hydrogens is 286 g/mol. The zero-order chi connectivity index (χ0) is 15.6. The van der Waals surface area contributed by atoms with Gasteiger partial charge >= 0.3 is 6.18 Å². The highest BCUT2D eigenvalue weighted by atomic mass is 19.4. The van der Waals surface area contributed by atoms with Crippen LogP contribution in [-0.2, 0) is 13.2 Å². The molecule has 0 fully saturated rings. The van der Waals surface area contributed by atoms with Crippen molar-refractivity contribution in [2.24, 2.45) is 7.05 Å². The molecule has 2 aromatic rings. The molecule has 0 aliphatic carbocycles. The van der Waals surface area contributed by atoms with E-state index in [0.29, 0.717) is 12.4 Å². The summed E-state index contributed by atoms with van der Waals surface area (Å²) >= 11 is 0. The summed E-state index contributed by atoms with van der Waals surface area (Å²) in [6.45, 7) is 2.26. The largest absolute Gasteiger partial charge is 0.416 e. The summed E-state index contributed by atoms with van der Waals surface area (Å²) in [6.07, 6.45) is -1.34. The molecule has 0 amide bonds. The summed E-state index contributed by atoms with van der Waals surface area (Å²) in [5.41, 5.74) is -0.947. The Bertz CT molecular complexity index is 619. The molecule has 0 saturated heterocycles. The number of imidazole rings is 1. The zero-order valence-electron chi connectivity index (χ0n) is 11.6. The number of hydrogen-bond acceptors (Lipinski definition) is 2. The summed E-state index contributed by atoms with van der Waals surface area (Å²) in [6, 6.07) is 1.67. The van der Waals surface area contributed by atoms with Gasteiger partial charge in [0.1, 0.15) is 11.6 Å². The number of nitrogens with zero attached hydrogens (tertiary/aromatic N) is 2. The molecule has 0 radical (unpaired) electrons. The Morgan fingerprint density at radius 1 is 1.33 bits per heavy atom. The monoisotopic (exact) mass is 301 g/mol. The highest BCUT2D eigenvalue weighted by Crippen LogP contribution is 2.33. The van der Waals surface area contributed by atoms with Crippen LogP contribution in [0.5, 0.6) is 0 Å². The third kappa shape index (κ3) is 3.24. The Hall–Kier alpha value is -1.89. The number of benzene rings is 1. The molecule has 1 unspecified atom stereocenters. The van der Waals surface area contributed by atoms with Crippen molar-refractivity contribution in [3.8, 4) is 0 Å². The number of hydrogen-bond donors (Lipinski definition) is 1. The lowest BCUT2D eigenvalue weighted by atomic mass is 10.0. The zero-order valence-corrected chi connectivity index (χ0v) is 11.6. The Kier molecular flexibility index (Phi) is 4.32. The maximum absolute atomic E-state index is 14.0. The molecule has 0 aliphatic rings. The van der Waals surface area contributed by atoms with Crippen LogP contribution in [0.2, 0.25) is 0 Å². The van der Waals surface area contributed by atoms with Crippen LogP contribution < -0.4 is 5.32 Å².